The normalized spacial score (nSPS) is 13.1. The van der Waals surface area contributed by atoms with Crippen molar-refractivity contribution in [1.82, 2.24) is 4.98 Å². The minimum absolute atomic E-state index is 1.05. The van der Waals surface area contributed by atoms with E-state index in [0.29, 0.717) is 0 Å². The first-order valence-corrected chi connectivity index (χ1v) is 2.30. The quantitative estimate of drug-likeness (QED) is 0.410. The Morgan fingerprint density at radius 1 is 1.71 bits per heavy atom. The van der Waals surface area contributed by atoms with Crippen LogP contribution >= 0.6 is 0 Å². The number of hydrogen-bond donors (Lipinski definition) is 0. The molecule has 0 atom stereocenters. The summed E-state index contributed by atoms with van der Waals surface area (Å²) in [5.74, 6) is 1.20. The van der Waals surface area contributed by atoms with Crippen LogP contribution in [0.25, 0.3) is 0 Å². The fourth-order valence-electron chi connectivity index (χ4n) is 0.642. The van der Waals surface area contributed by atoms with Crippen molar-refractivity contribution in [2.75, 3.05) is 0 Å². The largest absolute Gasteiger partial charge is 0.340 e. The van der Waals surface area contributed by atoms with Crippen LogP contribution < -0.4 is 4.57 Å². The molecule has 0 radical (unpaired) electrons. The summed E-state index contributed by atoms with van der Waals surface area (Å²) in [7, 11) is 0. The topological polar surface area (TPSA) is 16.8 Å². The second-order valence-electron chi connectivity index (χ2n) is 1.66. The maximum absolute atomic E-state index is 4.03. The zero-order valence-electron chi connectivity index (χ0n) is 3.83. The maximum atomic E-state index is 4.03. The predicted molar refractivity (Wildman–Crippen MR) is 23.5 cm³/mol. The molecule has 34 valence electrons. The van der Waals surface area contributed by atoms with Crippen LogP contribution in [0.5, 0.6) is 0 Å². The van der Waals surface area contributed by atoms with Gasteiger partial charge in [-0.15, -0.1) is 0 Å². The van der Waals surface area contributed by atoms with Gasteiger partial charge in [-0.2, -0.15) is 0 Å². The summed E-state index contributed by atoms with van der Waals surface area (Å²) >= 11 is 0. The smallest absolute Gasteiger partial charge is 0.219 e. The summed E-state index contributed by atoms with van der Waals surface area (Å²) in [5, 5.41) is 0. The van der Waals surface area contributed by atoms with Crippen LogP contribution in [-0.4, -0.2) is 4.98 Å². The van der Waals surface area contributed by atoms with Crippen molar-refractivity contribution in [2.45, 2.75) is 6.54 Å². The van der Waals surface area contributed by atoms with E-state index in [9.17, 15) is 0 Å². The molecule has 0 bridgehead atoms. The summed E-state index contributed by atoms with van der Waals surface area (Å²) in [5.41, 5.74) is 0. The lowest BCUT2D eigenvalue weighted by Gasteiger charge is -1.60. The van der Waals surface area contributed by atoms with Gasteiger partial charge in [-0.1, -0.05) is 0 Å². The van der Waals surface area contributed by atoms with E-state index >= 15 is 0 Å². The minimum Gasteiger partial charge on any atom is -0.219 e. The molecule has 1 aromatic heterocycles. The fourth-order valence-corrected chi connectivity index (χ4v) is 0.642. The van der Waals surface area contributed by atoms with E-state index < -0.39 is 0 Å². The number of hydrogen-bond acceptors (Lipinski definition) is 1. The van der Waals surface area contributed by atoms with Crippen molar-refractivity contribution in [3.8, 4) is 0 Å². The van der Waals surface area contributed by atoms with E-state index in [1.807, 2.05) is 18.5 Å². The molecule has 2 rings (SSSR count). The summed E-state index contributed by atoms with van der Waals surface area (Å²) in [6.45, 7) is 1.05. The van der Waals surface area contributed by atoms with Crippen molar-refractivity contribution in [2.24, 2.45) is 0 Å². The van der Waals surface area contributed by atoms with Gasteiger partial charge in [0.05, 0.1) is 6.20 Å². The third-order valence-electron chi connectivity index (χ3n) is 1.12. The first kappa shape index (κ1) is 3.13. The Labute approximate surface area is 41.4 Å². The molecule has 0 saturated heterocycles. The van der Waals surface area contributed by atoms with Gasteiger partial charge in [0.1, 0.15) is 6.20 Å². The zero-order chi connectivity index (χ0) is 4.69. The number of fused-ring (bicyclic) bond motifs is 1. The van der Waals surface area contributed by atoms with Crippen molar-refractivity contribution in [1.29, 1.82) is 0 Å². The third-order valence-corrected chi connectivity index (χ3v) is 1.12. The van der Waals surface area contributed by atoms with Crippen LogP contribution in [0.15, 0.2) is 18.5 Å². The van der Waals surface area contributed by atoms with Crippen LogP contribution in [0.4, 0.5) is 0 Å². The molecule has 2 heteroatoms. The van der Waals surface area contributed by atoms with Gasteiger partial charge in [-0.3, -0.25) is 0 Å². The monoisotopic (exact) mass is 93.0 g/mol. The Morgan fingerprint density at radius 2 is 2.71 bits per heavy atom. The SMILES string of the molecule is c1cnc2[n+](c1)C2. The molecule has 0 saturated carbocycles. The van der Waals surface area contributed by atoms with E-state index in [-0.39, 0.29) is 0 Å². The molecule has 2 nitrogen and oxygen atoms in total. The highest BCUT2D eigenvalue weighted by atomic mass is 15.2. The Kier molecular flexibility index (Phi) is 0.372. The van der Waals surface area contributed by atoms with Gasteiger partial charge >= 0.3 is 5.82 Å². The van der Waals surface area contributed by atoms with Crippen LogP contribution in [0, 0.1) is 0 Å². The van der Waals surface area contributed by atoms with Gasteiger partial charge in [0.15, 0.2) is 6.54 Å². The molecule has 0 aromatic carbocycles. The van der Waals surface area contributed by atoms with Gasteiger partial charge in [0, 0.05) is 6.07 Å². The lowest BCUT2D eigenvalue weighted by atomic mass is 10.7. The van der Waals surface area contributed by atoms with Gasteiger partial charge in [-0.05, 0) is 4.98 Å². The van der Waals surface area contributed by atoms with Crippen LogP contribution in [0.2, 0.25) is 0 Å². The van der Waals surface area contributed by atoms with E-state index in [0.717, 1.165) is 6.54 Å². The van der Waals surface area contributed by atoms with Crippen LogP contribution in [-0.2, 0) is 6.54 Å². The van der Waals surface area contributed by atoms with Crippen LogP contribution in [0.3, 0.4) is 0 Å². The van der Waals surface area contributed by atoms with Gasteiger partial charge < -0.3 is 0 Å². The first-order chi connectivity index (χ1) is 3.47. The van der Waals surface area contributed by atoms with E-state index in [2.05, 4.69) is 9.55 Å². The molecule has 0 spiro atoms. The second-order valence-corrected chi connectivity index (χ2v) is 1.66. The molecule has 0 amide bonds. The predicted octanol–water partition coefficient (Wildman–Crippen LogP) is -0.269. The van der Waals surface area contributed by atoms with Crippen molar-refractivity contribution >= 4 is 0 Å². The molecule has 0 unspecified atom stereocenters. The Hall–Kier alpha value is -0.920. The molecule has 7 heavy (non-hydrogen) atoms. The standard InChI is InChI=1S/C5H5N2/c1-2-6-5-4-7(5)3-1/h1-3H,4H2/q+1. The molecule has 1 aromatic rings. The van der Waals surface area contributed by atoms with E-state index in [1.54, 1.807) is 0 Å². The first-order valence-electron chi connectivity index (χ1n) is 2.30. The highest BCUT2D eigenvalue weighted by Gasteiger charge is 2.26. The highest BCUT2D eigenvalue weighted by molar-refractivity contribution is 4.84. The minimum atomic E-state index is 1.05. The van der Waals surface area contributed by atoms with E-state index in [4.69, 9.17) is 0 Å². The number of aromatic nitrogens is 2. The average molecular weight is 93.1 g/mol. The highest BCUT2D eigenvalue weighted by Crippen LogP contribution is 1.95. The lowest BCUT2D eigenvalue weighted by Crippen LogP contribution is -2.07. The van der Waals surface area contributed by atoms with Crippen molar-refractivity contribution in [3.05, 3.63) is 24.3 Å². The summed E-state index contributed by atoms with van der Waals surface area (Å²) in [6.07, 6.45) is 3.85. The molecule has 1 aliphatic heterocycles. The molecule has 0 aliphatic carbocycles. The molecular weight excluding hydrogens is 88.1 g/mol. The molecular formula is C5H5N2+. The van der Waals surface area contributed by atoms with E-state index in [1.165, 1.54) is 5.82 Å². The van der Waals surface area contributed by atoms with Crippen molar-refractivity contribution in [3.63, 3.8) is 0 Å². The zero-order valence-corrected chi connectivity index (χ0v) is 3.83. The van der Waals surface area contributed by atoms with Crippen molar-refractivity contribution < 1.29 is 4.57 Å². The maximum Gasteiger partial charge on any atom is 0.340 e. The molecule has 2 heterocycles. The summed E-state index contributed by atoms with van der Waals surface area (Å²) in [4.78, 5) is 4.03. The van der Waals surface area contributed by atoms with Crippen LogP contribution in [0.1, 0.15) is 5.82 Å². The second kappa shape index (κ2) is 0.832. The third kappa shape index (κ3) is 0.330. The molecule has 0 N–H and O–H groups in total. The lowest BCUT2D eigenvalue weighted by molar-refractivity contribution is -0.574. The average Bonchev–Trinajstić information content (AvgIpc) is 2.41. The Bertz CT molecular complexity index is 174. The fraction of sp³-hybridized carbons (Fsp3) is 0.200. The van der Waals surface area contributed by atoms with Gasteiger partial charge in [0.25, 0.3) is 0 Å². The molecule has 0 fully saturated rings. The van der Waals surface area contributed by atoms with Gasteiger partial charge in [-0.25, -0.2) is 4.57 Å². The summed E-state index contributed by atoms with van der Waals surface area (Å²) in [6, 6.07) is 1.94. The summed E-state index contributed by atoms with van der Waals surface area (Å²) < 4.78 is 2.10. The number of nitrogens with zero attached hydrogens (tertiary/aromatic N) is 2. The van der Waals surface area contributed by atoms with Gasteiger partial charge in [0.2, 0.25) is 0 Å². The molecule has 1 aliphatic rings. The Balaban J connectivity index is 2.73. The Morgan fingerprint density at radius 3 is 3.29 bits per heavy atom. The number of rotatable bonds is 0.